The molecule has 1 aromatic carbocycles. The quantitative estimate of drug-likeness (QED) is 0.161. The first-order valence-electron chi connectivity index (χ1n) is 11.1. The molecule has 0 heterocycles. The Labute approximate surface area is 166 Å². The normalized spacial score (nSPS) is 10.7. The van der Waals surface area contributed by atoms with Crippen molar-refractivity contribution in [3.63, 3.8) is 0 Å². The van der Waals surface area contributed by atoms with E-state index in [1.807, 2.05) is 18.2 Å². The van der Waals surface area contributed by atoms with Crippen molar-refractivity contribution in [1.29, 1.82) is 0 Å². The lowest BCUT2D eigenvalue weighted by atomic mass is 10.0. The van der Waals surface area contributed by atoms with E-state index in [9.17, 15) is 4.79 Å². The first-order valence-corrected chi connectivity index (χ1v) is 11.1. The van der Waals surface area contributed by atoms with Crippen LogP contribution < -0.4 is 9.47 Å². The number of hydrogen-bond donors (Lipinski definition) is 0. The van der Waals surface area contributed by atoms with Crippen molar-refractivity contribution >= 4 is 5.97 Å². The molecule has 3 nitrogen and oxygen atoms in total. The van der Waals surface area contributed by atoms with Gasteiger partial charge in [-0.3, -0.25) is 4.79 Å². The van der Waals surface area contributed by atoms with Crippen LogP contribution in [-0.4, -0.2) is 12.6 Å². The maximum Gasteiger partial charge on any atom is 0.308 e. The number of rotatable bonds is 17. The van der Waals surface area contributed by atoms with E-state index >= 15 is 0 Å². The Bertz CT molecular complexity index is 484. The van der Waals surface area contributed by atoms with E-state index in [1.54, 1.807) is 6.07 Å². The van der Waals surface area contributed by atoms with Crippen molar-refractivity contribution in [1.82, 2.24) is 0 Å². The van der Waals surface area contributed by atoms with Gasteiger partial charge in [0.25, 0.3) is 0 Å². The van der Waals surface area contributed by atoms with Crippen molar-refractivity contribution in [2.75, 3.05) is 6.61 Å². The number of carbonyl (C=O) groups excluding carboxylic acids is 1. The van der Waals surface area contributed by atoms with Crippen molar-refractivity contribution in [3.05, 3.63) is 24.3 Å². The largest absolute Gasteiger partial charge is 0.490 e. The molecular formula is C24H40O3. The van der Waals surface area contributed by atoms with Crippen LogP contribution in [0, 0.1) is 0 Å². The number of carbonyl (C=O) groups is 1. The maximum absolute atomic E-state index is 11.1. The lowest BCUT2D eigenvalue weighted by Gasteiger charge is -2.10. The predicted octanol–water partition coefficient (Wildman–Crippen LogP) is 7.47. The topological polar surface area (TPSA) is 35.5 Å². The molecule has 0 fully saturated rings. The monoisotopic (exact) mass is 376 g/mol. The van der Waals surface area contributed by atoms with Gasteiger partial charge in [-0.25, -0.2) is 0 Å². The van der Waals surface area contributed by atoms with Gasteiger partial charge in [0.1, 0.15) is 0 Å². The highest BCUT2D eigenvalue weighted by Crippen LogP contribution is 2.26. The molecule has 1 aromatic rings. The molecule has 0 atom stereocenters. The fraction of sp³-hybridized carbons (Fsp3) is 0.708. The van der Waals surface area contributed by atoms with Gasteiger partial charge >= 0.3 is 5.97 Å². The minimum absolute atomic E-state index is 0.317. The SMILES string of the molecule is CCCCCCCCCCCCCCCCOc1ccccc1OC(C)=O. The second-order valence-electron chi connectivity index (χ2n) is 7.49. The van der Waals surface area contributed by atoms with Crippen LogP contribution in [0.15, 0.2) is 24.3 Å². The van der Waals surface area contributed by atoms with Gasteiger partial charge in [-0.05, 0) is 18.6 Å². The Hall–Kier alpha value is -1.51. The van der Waals surface area contributed by atoms with Crippen molar-refractivity contribution < 1.29 is 14.3 Å². The number of para-hydroxylation sites is 2. The number of unbranched alkanes of at least 4 members (excludes halogenated alkanes) is 13. The molecular weight excluding hydrogens is 336 g/mol. The molecule has 0 radical (unpaired) electrons. The van der Waals surface area contributed by atoms with E-state index in [0.717, 1.165) is 6.42 Å². The van der Waals surface area contributed by atoms with E-state index in [4.69, 9.17) is 9.47 Å². The summed E-state index contributed by atoms with van der Waals surface area (Å²) in [6.45, 7) is 4.36. The van der Waals surface area contributed by atoms with E-state index in [0.29, 0.717) is 18.1 Å². The average Bonchev–Trinajstić information content (AvgIpc) is 2.65. The zero-order chi connectivity index (χ0) is 19.6. The Balaban J connectivity index is 1.90. The molecule has 154 valence electrons. The summed E-state index contributed by atoms with van der Waals surface area (Å²) in [6, 6.07) is 7.36. The molecule has 0 aliphatic carbocycles. The summed E-state index contributed by atoms with van der Waals surface area (Å²) in [5.74, 6) is 0.848. The molecule has 0 saturated heterocycles. The van der Waals surface area contributed by atoms with Crippen molar-refractivity contribution in [3.8, 4) is 11.5 Å². The second kappa shape index (κ2) is 16.6. The van der Waals surface area contributed by atoms with Gasteiger partial charge < -0.3 is 9.47 Å². The van der Waals surface area contributed by atoms with Gasteiger partial charge in [-0.1, -0.05) is 103 Å². The van der Waals surface area contributed by atoms with Crippen LogP contribution in [0.3, 0.4) is 0 Å². The number of esters is 1. The molecule has 0 bridgehead atoms. The summed E-state index contributed by atoms with van der Waals surface area (Å²) in [6.07, 6.45) is 18.9. The summed E-state index contributed by atoms with van der Waals surface area (Å²) in [4.78, 5) is 11.1. The molecule has 0 spiro atoms. The first kappa shape index (κ1) is 23.5. The molecule has 27 heavy (non-hydrogen) atoms. The molecule has 0 aromatic heterocycles. The van der Waals surface area contributed by atoms with Gasteiger partial charge in [0.15, 0.2) is 11.5 Å². The van der Waals surface area contributed by atoms with Crippen molar-refractivity contribution in [2.24, 2.45) is 0 Å². The van der Waals surface area contributed by atoms with Crippen LogP contribution in [0.2, 0.25) is 0 Å². The predicted molar refractivity (Wildman–Crippen MR) is 114 cm³/mol. The van der Waals surface area contributed by atoms with E-state index in [2.05, 4.69) is 6.92 Å². The maximum atomic E-state index is 11.1. The van der Waals surface area contributed by atoms with Crippen LogP contribution in [-0.2, 0) is 4.79 Å². The van der Waals surface area contributed by atoms with Gasteiger partial charge in [0.2, 0.25) is 0 Å². The molecule has 0 unspecified atom stereocenters. The van der Waals surface area contributed by atoms with Gasteiger partial charge in [0, 0.05) is 6.92 Å². The minimum Gasteiger partial charge on any atom is -0.490 e. The average molecular weight is 377 g/mol. The summed E-state index contributed by atoms with van der Waals surface area (Å²) in [5, 5.41) is 0. The van der Waals surface area contributed by atoms with Crippen LogP contribution >= 0.6 is 0 Å². The minimum atomic E-state index is -0.317. The van der Waals surface area contributed by atoms with Crippen LogP contribution in [0.4, 0.5) is 0 Å². The second-order valence-corrected chi connectivity index (χ2v) is 7.49. The Morgan fingerprint density at radius 1 is 0.704 bits per heavy atom. The standard InChI is InChI=1S/C24H40O3/c1-3-4-5-6-7-8-9-10-11-12-13-14-15-18-21-26-23-19-16-17-20-24(23)27-22(2)25/h16-17,19-20H,3-15,18,21H2,1-2H3. The lowest BCUT2D eigenvalue weighted by Crippen LogP contribution is -2.04. The van der Waals surface area contributed by atoms with E-state index in [1.165, 1.54) is 90.4 Å². The third-order valence-corrected chi connectivity index (χ3v) is 4.86. The molecule has 3 heteroatoms. The van der Waals surface area contributed by atoms with E-state index < -0.39 is 0 Å². The fourth-order valence-electron chi connectivity index (χ4n) is 3.29. The lowest BCUT2D eigenvalue weighted by molar-refractivity contribution is -0.132. The summed E-state index contributed by atoms with van der Waals surface area (Å²) in [7, 11) is 0. The van der Waals surface area contributed by atoms with Gasteiger partial charge in [0.05, 0.1) is 6.61 Å². The third-order valence-electron chi connectivity index (χ3n) is 4.86. The molecule has 0 aliphatic rings. The smallest absolute Gasteiger partial charge is 0.308 e. The third kappa shape index (κ3) is 13.3. The Morgan fingerprint density at radius 2 is 1.15 bits per heavy atom. The summed E-state index contributed by atoms with van der Waals surface area (Å²) >= 11 is 0. The Morgan fingerprint density at radius 3 is 1.63 bits per heavy atom. The zero-order valence-corrected chi connectivity index (χ0v) is 17.6. The van der Waals surface area contributed by atoms with Gasteiger partial charge in [-0.2, -0.15) is 0 Å². The van der Waals surface area contributed by atoms with Crippen LogP contribution in [0.25, 0.3) is 0 Å². The highest BCUT2D eigenvalue weighted by Gasteiger charge is 2.06. The molecule has 0 amide bonds. The van der Waals surface area contributed by atoms with Gasteiger partial charge in [-0.15, -0.1) is 0 Å². The van der Waals surface area contributed by atoms with Crippen LogP contribution in [0.1, 0.15) is 104 Å². The van der Waals surface area contributed by atoms with E-state index in [-0.39, 0.29) is 5.97 Å². The summed E-state index contributed by atoms with van der Waals surface area (Å²) in [5.41, 5.74) is 0. The molecule has 0 aliphatic heterocycles. The van der Waals surface area contributed by atoms with Crippen molar-refractivity contribution in [2.45, 2.75) is 104 Å². The highest BCUT2D eigenvalue weighted by molar-refractivity contribution is 5.70. The summed E-state index contributed by atoms with van der Waals surface area (Å²) < 4.78 is 10.9. The first-order chi connectivity index (χ1) is 13.2. The number of hydrogen-bond acceptors (Lipinski definition) is 3. The number of benzene rings is 1. The molecule has 0 saturated carbocycles. The fourth-order valence-corrected chi connectivity index (χ4v) is 3.29. The molecule has 0 N–H and O–H groups in total. The molecule has 1 rings (SSSR count). The highest BCUT2D eigenvalue weighted by atomic mass is 16.6. The van der Waals surface area contributed by atoms with Crippen LogP contribution in [0.5, 0.6) is 11.5 Å². The Kier molecular flexibility index (Phi) is 14.5. The number of ether oxygens (including phenoxy) is 2. The zero-order valence-electron chi connectivity index (χ0n) is 17.6.